The molecule has 0 heterocycles. The quantitative estimate of drug-likeness (QED) is 0.297. The number of rotatable bonds is 10. The van der Waals surface area contributed by atoms with Gasteiger partial charge in [0.05, 0.1) is 18.4 Å². The summed E-state index contributed by atoms with van der Waals surface area (Å²) in [5.41, 5.74) is 0.131. The van der Waals surface area contributed by atoms with E-state index in [-0.39, 0.29) is 17.3 Å². The number of unbranched alkanes of at least 4 members (excludes halogenated alkanes) is 3. The predicted molar refractivity (Wildman–Crippen MR) is 126 cm³/mol. The maximum atomic E-state index is 12.9. The van der Waals surface area contributed by atoms with Crippen LogP contribution in [0.15, 0.2) is 0 Å². The molecule has 2 aliphatic rings. The second-order valence-corrected chi connectivity index (χ2v) is 11.5. The van der Waals surface area contributed by atoms with E-state index in [0.717, 1.165) is 25.2 Å². The number of hydrogen-bond donors (Lipinski definition) is 1. The number of carbonyl (C=O) groups is 2. The van der Waals surface area contributed by atoms with Gasteiger partial charge in [0, 0.05) is 0 Å². The molecule has 2 fully saturated rings. The smallest absolute Gasteiger partial charge is 0.309 e. The van der Waals surface area contributed by atoms with Crippen molar-refractivity contribution in [2.45, 2.75) is 106 Å². The van der Waals surface area contributed by atoms with Crippen LogP contribution in [0.2, 0.25) is 0 Å². The van der Waals surface area contributed by atoms with Gasteiger partial charge in [0.2, 0.25) is 0 Å². The highest BCUT2D eigenvalue weighted by Gasteiger charge is 2.47. The molecule has 0 radical (unpaired) electrons. The molecule has 0 bridgehead atoms. The average Bonchev–Trinajstić information content (AvgIpc) is 2.69. The summed E-state index contributed by atoms with van der Waals surface area (Å²) in [6.45, 7) is 14.1. The van der Waals surface area contributed by atoms with Crippen molar-refractivity contribution in [2.75, 3.05) is 6.61 Å². The van der Waals surface area contributed by atoms with Gasteiger partial charge >= 0.3 is 11.9 Å². The van der Waals surface area contributed by atoms with Crippen LogP contribution in [0, 0.1) is 46.8 Å². The lowest BCUT2D eigenvalue weighted by Gasteiger charge is -2.51. The number of ether oxygens (including phenoxy) is 1. The van der Waals surface area contributed by atoms with Crippen molar-refractivity contribution in [3.05, 3.63) is 0 Å². The van der Waals surface area contributed by atoms with Gasteiger partial charge in [-0.2, -0.15) is 0 Å². The van der Waals surface area contributed by atoms with Crippen LogP contribution >= 0.6 is 0 Å². The first-order valence-corrected chi connectivity index (χ1v) is 13.0. The standard InChI is InChI=1S/C27H48O4/c1-7-8-9-10-14-23-21(18(2)3)16-15-20(27(23,5)6)17-31-26(30)22-13-11-12-19(4)24(22)25(28)29/h18-24H,7-17H2,1-6H3,(H,28,29). The molecule has 6 atom stereocenters. The summed E-state index contributed by atoms with van der Waals surface area (Å²) < 4.78 is 5.87. The Kier molecular flexibility index (Phi) is 9.89. The molecule has 0 aliphatic heterocycles. The first-order chi connectivity index (χ1) is 14.6. The summed E-state index contributed by atoms with van der Waals surface area (Å²) in [7, 11) is 0. The number of carboxylic acid groups (broad SMARTS) is 1. The molecule has 0 amide bonds. The molecular formula is C27H48O4. The highest BCUT2D eigenvalue weighted by Crippen LogP contribution is 2.52. The molecule has 2 rings (SSSR count). The number of carbonyl (C=O) groups excluding carboxylic acids is 1. The van der Waals surface area contributed by atoms with Crippen molar-refractivity contribution in [1.29, 1.82) is 0 Å². The van der Waals surface area contributed by atoms with E-state index in [1.54, 1.807) is 0 Å². The molecule has 0 saturated heterocycles. The Balaban J connectivity index is 2.03. The monoisotopic (exact) mass is 436 g/mol. The third kappa shape index (κ3) is 6.48. The largest absolute Gasteiger partial charge is 0.481 e. The fourth-order valence-electron chi connectivity index (χ4n) is 6.68. The van der Waals surface area contributed by atoms with Crippen molar-refractivity contribution in [3.63, 3.8) is 0 Å². The topological polar surface area (TPSA) is 63.6 Å². The molecule has 2 aliphatic carbocycles. The third-order valence-electron chi connectivity index (χ3n) is 8.83. The Labute approximate surface area is 190 Å². The van der Waals surface area contributed by atoms with Crippen molar-refractivity contribution in [3.8, 4) is 0 Å². The van der Waals surface area contributed by atoms with E-state index < -0.39 is 17.8 Å². The van der Waals surface area contributed by atoms with Gasteiger partial charge in [-0.25, -0.2) is 0 Å². The van der Waals surface area contributed by atoms with E-state index >= 15 is 0 Å². The van der Waals surface area contributed by atoms with Gasteiger partial charge in [0.15, 0.2) is 0 Å². The van der Waals surface area contributed by atoms with Crippen LogP contribution in [-0.2, 0) is 14.3 Å². The minimum Gasteiger partial charge on any atom is -0.481 e. The molecule has 0 aromatic carbocycles. The maximum absolute atomic E-state index is 12.9. The molecule has 4 nitrogen and oxygen atoms in total. The Morgan fingerprint density at radius 2 is 1.77 bits per heavy atom. The number of aliphatic carboxylic acids is 1. The van der Waals surface area contributed by atoms with Gasteiger partial charge in [-0.05, 0) is 67.1 Å². The Morgan fingerprint density at radius 1 is 1.06 bits per heavy atom. The Bertz CT molecular complexity index is 582. The SMILES string of the molecule is CCCCCCC1C(C(C)C)CCC(COC(=O)C2CCCC(C)C2C(=O)O)C1(C)C. The lowest BCUT2D eigenvalue weighted by atomic mass is 9.55. The second-order valence-electron chi connectivity index (χ2n) is 11.5. The van der Waals surface area contributed by atoms with Gasteiger partial charge in [0.1, 0.15) is 0 Å². The summed E-state index contributed by atoms with van der Waals surface area (Å²) in [6.07, 6.45) is 11.2. The Hall–Kier alpha value is -1.06. The fraction of sp³-hybridized carbons (Fsp3) is 0.926. The summed E-state index contributed by atoms with van der Waals surface area (Å²) in [5.74, 6) is 0.250. The van der Waals surface area contributed by atoms with Gasteiger partial charge in [-0.1, -0.05) is 73.6 Å². The van der Waals surface area contributed by atoms with Crippen molar-refractivity contribution >= 4 is 11.9 Å². The number of hydrogen-bond acceptors (Lipinski definition) is 3. The van der Waals surface area contributed by atoms with Gasteiger partial charge < -0.3 is 9.84 Å². The molecule has 0 spiro atoms. The van der Waals surface area contributed by atoms with E-state index in [2.05, 4.69) is 34.6 Å². The van der Waals surface area contributed by atoms with Crippen molar-refractivity contribution in [1.82, 2.24) is 0 Å². The highest BCUT2D eigenvalue weighted by atomic mass is 16.5. The number of carboxylic acids is 1. The summed E-state index contributed by atoms with van der Waals surface area (Å²) >= 11 is 0. The van der Waals surface area contributed by atoms with E-state index in [0.29, 0.717) is 30.8 Å². The van der Waals surface area contributed by atoms with Crippen molar-refractivity contribution < 1.29 is 19.4 Å². The predicted octanol–water partition coefficient (Wildman–Crippen LogP) is 6.96. The van der Waals surface area contributed by atoms with Crippen LogP contribution in [0.1, 0.15) is 106 Å². The van der Waals surface area contributed by atoms with Gasteiger partial charge in [-0.3, -0.25) is 9.59 Å². The maximum Gasteiger partial charge on any atom is 0.309 e. The van der Waals surface area contributed by atoms with E-state index in [1.165, 1.54) is 38.5 Å². The summed E-state index contributed by atoms with van der Waals surface area (Å²) in [6, 6.07) is 0. The van der Waals surface area contributed by atoms with Crippen LogP contribution in [-0.4, -0.2) is 23.7 Å². The third-order valence-corrected chi connectivity index (χ3v) is 8.83. The molecule has 31 heavy (non-hydrogen) atoms. The summed E-state index contributed by atoms with van der Waals surface area (Å²) in [4.78, 5) is 24.7. The molecule has 0 aromatic rings. The first kappa shape index (κ1) is 26.2. The van der Waals surface area contributed by atoms with Crippen LogP contribution in [0.4, 0.5) is 0 Å². The first-order valence-electron chi connectivity index (χ1n) is 13.0. The molecule has 180 valence electrons. The normalized spacial score (nSPS) is 33.3. The minimum atomic E-state index is -0.848. The van der Waals surface area contributed by atoms with Crippen LogP contribution in [0.25, 0.3) is 0 Å². The van der Waals surface area contributed by atoms with E-state index in [4.69, 9.17) is 4.74 Å². The summed E-state index contributed by atoms with van der Waals surface area (Å²) in [5, 5.41) is 9.66. The van der Waals surface area contributed by atoms with Crippen LogP contribution in [0.5, 0.6) is 0 Å². The van der Waals surface area contributed by atoms with Gasteiger partial charge in [-0.15, -0.1) is 0 Å². The zero-order chi connectivity index (χ0) is 23.2. The second kappa shape index (κ2) is 11.7. The average molecular weight is 437 g/mol. The zero-order valence-electron chi connectivity index (χ0n) is 21.0. The zero-order valence-corrected chi connectivity index (χ0v) is 21.0. The lowest BCUT2D eigenvalue weighted by Crippen LogP contribution is -2.46. The highest BCUT2D eigenvalue weighted by molar-refractivity contribution is 5.81. The van der Waals surface area contributed by atoms with Gasteiger partial charge in [0.25, 0.3) is 0 Å². The van der Waals surface area contributed by atoms with Crippen LogP contribution < -0.4 is 0 Å². The number of esters is 1. The van der Waals surface area contributed by atoms with E-state index in [1.807, 2.05) is 6.92 Å². The molecule has 0 aromatic heterocycles. The van der Waals surface area contributed by atoms with Crippen molar-refractivity contribution in [2.24, 2.45) is 46.8 Å². The molecule has 4 heteroatoms. The van der Waals surface area contributed by atoms with Crippen LogP contribution in [0.3, 0.4) is 0 Å². The molecule has 6 unspecified atom stereocenters. The molecular weight excluding hydrogens is 388 g/mol. The minimum absolute atomic E-state index is 0.0363. The molecule has 1 N–H and O–H groups in total. The fourth-order valence-corrected chi connectivity index (χ4v) is 6.68. The lowest BCUT2D eigenvalue weighted by molar-refractivity contribution is -0.165. The van der Waals surface area contributed by atoms with E-state index in [9.17, 15) is 14.7 Å². The molecule has 2 saturated carbocycles. The Morgan fingerprint density at radius 3 is 2.39 bits per heavy atom.